The van der Waals surface area contributed by atoms with E-state index in [9.17, 15) is 0 Å². The third-order valence-corrected chi connectivity index (χ3v) is 8.70. The van der Waals surface area contributed by atoms with Gasteiger partial charge in [0.15, 0.2) is 0 Å². The zero-order valence-electron chi connectivity index (χ0n) is 28.3. The number of H-pyrrole nitrogens is 1. The molecule has 0 saturated carbocycles. The topological polar surface area (TPSA) is 53.6 Å². The van der Waals surface area contributed by atoms with E-state index >= 15 is 0 Å². The van der Waals surface area contributed by atoms with Gasteiger partial charge in [-0.05, 0) is 74.3 Å². The minimum absolute atomic E-state index is 0.228. The van der Waals surface area contributed by atoms with Crippen LogP contribution in [0.2, 0.25) is 0 Å². The molecule has 1 heterocycles. The first-order valence-electron chi connectivity index (χ1n) is 17.5. The number of ether oxygens (including phenoxy) is 2. The number of unbranched alkanes of at least 4 members (excludes halogenated alkanes) is 4. The summed E-state index contributed by atoms with van der Waals surface area (Å²) in [5.74, 6) is 2.88. The smallest absolute Gasteiger partial charge is 0.124 e. The van der Waals surface area contributed by atoms with E-state index in [1.165, 1.54) is 49.7 Å². The summed E-state index contributed by atoms with van der Waals surface area (Å²) in [5, 5.41) is 0. The summed E-state index contributed by atoms with van der Waals surface area (Å²) in [6.45, 7) is 15.5. The molecule has 0 bridgehead atoms. The van der Waals surface area contributed by atoms with Crippen molar-refractivity contribution in [2.24, 2.45) is 0 Å². The van der Waals surface area contributed by atoms with E-state index in [1.807, 2.05) is 6.07 Å². The van der Waals surface area contributed by atoms with Crippen LogP contribution in [0.4, 0.5) is 0 Å². The molecule has 6 nitrogen and oxygen atoms in total. The maximum absolute atomic E-state index is 6.15. The number of rotatable bonds is 22. The van der Waals surface area contributed by atoms with Gasteiger partial charge in [0.1, 0.15) is 23.9 Å². The Morgan fingerprint density at radius 3 is 2.20 bits per heavy atom. The lowest BCUT2D eigenvalue weighted by atomic mass is 10.0. The van der Waals surface area contributed by atoms with Gasteiger partial charge in [0, 0.05) is 19.2 Å². The largest absolute Gasteiger partial charge is 0.493 e. The van der Waals surface area contributed by atoms with Crippen LogP contribution >= 0.6 is 0 Å². The van der Waals surface area contributed by atoms with E-state index in [4.69, 9.17) is 14.5 Å². The van der Waals surface area contributed by atoms with Crippen molar-refractivity contribution in [3.8, 4) is 11.5 Å². The van der Waals surface area contributed by atoms with E-state index in [-0.39, 0.29) is 6.04 Å². The molecule has 0 aliphatic rings. The van der Waals surface area contributed by atoms with Crippen LogP contribution in [0.5, 0.6) is 11.5 Å². The first-order chi connectivity index (χ1) is 22.1. The highest BCUT2D eigenvalue weighted by Crippen LogP contribution is 2.30. The molecule has 1 aromatic heterocycles. The van der Waals surface area contributed by atoms with Gasteiger partial charge in [-0.2, -0.15) is 0 Å². The summed E-state index contributed by atoms with van der Waals surface area (Å²) in [6.07, 6.45) is 9.42. The molecule has 0 radical (unpaired) electrons. The number of hydrogen-bond acceptors (Lipinski definition) is 5. The van der Waals surface area contributed by atoms with Gasteiger partial charge in [0.25, 0.3) is 0 Å². The lowest BCUT2D eigenvalue weighted by Gasteiger charge is -2.31. The second-order valence-corrected chi connectivity index (χ2v) is 12.1. The fourth-order valence-electron chi connectivity index (χ4n) is 5.92. The number of aromatic amines is 1. The fraction of sp³-hybridized carbons (Fsp3) is 0.513. The quantitative estimate of drug-likeness (QED) is 0.0896. The van der Waals surface area contributed by atoms with Crippen molar-refractivity contribution in [2.75, 3.05) is 32.8 Å². The highest BCUT2D eigenvalue weighted by Gasteiger charge is 2.24. The molecule has 45 heavy (non-hydrogen) atoms. The predicted molar refractivity (Wildman–Crippen MR) is 188 cm³/mol. The average Bonchev–Trinajstić information content (AvgIpc) is 3.50. The second-order valence-electron chi connectivity index (χ2n) is 12.1. The van der Waals surface area contributed by atoms with Crippen LogP contribution < -0.4 is 9.47 Å². The summed E-state index contributed by atoms with van der Waals surface area (Å²) in [5.41, 5.74) is 4.54. The van der Waals surface area contributed by atoms with Gasteiger partial charge in [-0.1, -0.05) is 102 Å². The Labute approximate surface area is 272 Å². The normalized spacial score (nSPS) is 12.3. The van der Waals surface area contributed by atoms with E-state index in [0.717, 1.165) is 80.5 Å². The predicted octanol–water partition coefficient (Wildman–Crippen LogP) is 9.57. The molecule has 6 heteroatoms. The molecule has 1 unspecified atom stereocenters. The molecule has 0 aliphatic heterocycles. The van der Waals surface area contributed by atoms with Gasteiger partial charge >= 0.3 is 0 Å². The van der Waals surface area contributed by atoms with Crippen LogP contribution in [0.15, 0.2) is 72.8 Å². The molecule has 0 fully saturated rings. The van der Waals surface area contributed by atoms with Crippen molar-refractivity contribution < 1.29 is 9.47 Å². The SMILES string of the molecule is CCCCCCN(Cc1ccc(OCc2ccccc2)cc1)C(CCCC)c1nc2ccc(OCCCN(CC)CC)cc2[nH]1. The molecule has 0 aliphatic carbocycles. The van der Waals surface area contributed by atoms with Crippen LogP contribution in [0.1, 0.15) is 102 Å². The van der Waals surface area contributed by atoms with Gasteiger partial charge in [0.05, 0.1) is 23.7 Å². The van der Waals surface area contributed by atoms with Crippen LogP contribution in [0, 0.1) is 0 Å². The first kappa shape index (κ1) is 34.5. The molecule has 0 amide bonds. The molecule has 0 saturated heterocycles. The molecule has 4 aromatic rings. The number of aromatic nitrogens is 2. The zero-order valence-corrected chi connectivity index (χ0v) is 28.3. The van der Waals surface area contributed by atoms with Crippen LogP contribution in [-0.4, -0.2) is 52.6 Å². The third kappa shape index (κ3) is 11.2. The third-order valence-electron chi connectivity index (χ3n) is 8.70. The van der Waals surface area contributed by atoms with Crippen LogP contribution in [0.25, 0.3) is 11.0 Å². The van der Waals surface area contributed by atoms with E-state index in [2.05, 4.69) is 109 Å². The Hall–Kier alpha value is -3.35. The molecule has 1 N–H and O–H groups in total. The molecule has 1 atom stereocenters. The highest BCUT2D eigenvalue weighted by molar-refractivity contribution is 5.76. The van der Waals surface area contributed by atoms with Gasteiger partial charge in [-0.25, -0.2) is 4.98 Å². The number of benzene rings is 3. The van der Waals surface area contributed by atoms with E-state index in [0.29, 0.717) is 6.61 Å². The van der Waals surface area contributed by atoms with Crippen molar-refractivity contribution in [2.45, 2.75) is 98.3 Å². The molecule has 4 rings (SSSR count). The standard InChI is InChI=1S/C39H56N4O2/c1-5-9-11-15-27-43(30-32-20-22-34(23-21-32)45-31-33-17-13-12-14-18-33)38(19-10-6-2)39-40-36-25-24-35(29-37(36)41-39)44-28-16-26-42(7-3)8-4/h12-14,17-18,20-25,29,38H,5-11,15-16,19,26-28,30-31H2,1-4H3,(H,40,41). The summed E-state index contributed by atoms with van der Waals surface area (Å²) in [7, 11) is 0. The number of imidazole rings is 1. The van der Waals surface area contributed by atoms with Crippen molar-refractivity contribution in [1.29, 1.82) is 0 Å². The van der Waals surface area contributed by atoms with Crippen molar-refractivity contribution in [3.63, 3.8) is 0 Å². The van der Waals surface area contributed by atoms with Crippen LogP contribution in [0.3, 0.4) is 0 Å². The lowest BCUT2D eigenvalue weighted by molar-refractivity contribution is 0.165. The van der Waals surface area contributed by atoms with Crippen molar-refractivity contribution in [3.05, 3.63) is 89.7 Å². The summed E-state index contributed by atoms with van der Waals surface area (Å²) >= 11 is 0. The zero-order chi connectivity index (χ0) is 31.7. The Morgan fingerprint density at radius 2 is 1.47 bits per heavy atom. The Balaban J connectivity index is 1.47. The number of nitrogens with one attached hydrogen (secondary N) is 1. The first-order valence-corrected chi connectivity index (χ1v) is 17.5. The maximum atomic E-state index is 6.15. The number of hydrogen-bond donors (Lipinski definition) is 1. The van der Waals surface area contributed by atoms with Crippen LogP contribution in [-0.2, 0) is 13.2 Å². The lowest BCUT2D eigenvalue weighted by Crippen LogP contribution is -2.30. The summed E-state index contributed by atoms with van der Waals surface area (Å²) < 4.78 is 12.2. The second kappa shape index (κ2) is 19.2. The monoisotopic (exact) mass is 612 g/mol. The van der Waals surface area contributed by atoms with Gasteiger partial charge < -0.3 is 19.4 Å². The minimum atomic E-state index is 0.228. The molecule has 3 aromatic carbocycles. The Bertz CT molecular complexity index is 1350. The maximum Gasteiger partial charge on any atom is 0.124 e. The fourth-order valence-corrected chi connectivity index (χ4v) is 5.92. The molecule has 244 valence electrons. The minimum Gasteiger partial charge on any atom is -0.493 e. The van der Waals surface area contributed by atoms with E-state index < -0.39 is 0 Å². The van der Waals surface area contributed by atoms with Gasteiger partial charge in [0.2, 0.25) is 0 Å². The van der Waals surface area contributed by atoms with Gasteiger partial charge in [-0.15, -0.1) is 0 Å². The number of nitrogens with zero attached hydrogens (tertiary/aromatic N) is 3. The molecule has 0 spiro atoms. The molecular weight excluding hydrogens is 556 g/mol. The highest BCUT2D eigenvalue weighted by atomic mass is 16.5. The summed E-state index contributed by atoms with van der Waals surface area (Å²) in [6, 6.07) is 25.5. The average molecular weight is 613 g/mol. The van der Waals surface area contributed by atoms with Crippen molar-refractivity contribution >= 4 is 11.0 Å². The van der Waals surface area contributed by atoms with Gasteiger partial charge in [-0.3, -0.25) is 4.90 Å². The molecular formula is C39H56N4O2. The Morgan fingerprint density at radius 1 is 0.711 bits per heavy atom. The summed E-state index contributed by atoms with van der Waals surface area (Å²) in [4.78, 5) is 13.9. The Kier molecular flexibility index (Phi) is 14.8. The van der Waals surface area contributed by atoms with Crippen molar-refractivity contribution in [1.82, 2.24) is 19.8 Å². The van der Waals surface area contributed by atoms with E-state index in [1.54, 1.807) is 0 Å². The number of fused-ring (bicyclic) bond motifs is 1.